The van der Waals surface area contributed by atoms with E-state index in [9.17, 15) is 27.6 Å². The zero-order valence-corrected chi connectivity index (χ0v) is 20.0. The maximum absolute atomic E-state index is 13.2. The molecule has 0 bridgehead atoms. The first-order chi connectivity index (χ1) is 18.2. The number of β-lactam (4-membered cyclic amide) rings is 1. The number of nitrogens with zero attached hydrogens (tertiary/aromatic N) is 1. The molecule has 0 saturated carbocycles. The summed E-state index contributed by atoms with van der Waals surface area (Å²) in [6.07, 6.45) is -6.59. The van der Waals surface area contributed by atoms with Crippen molar-refractivity contribution >= 4 is 17.9 Å². The van der Waals surface area contributed by atoms with Crippen molar-refractivity contribution in [1.29, 1.82) is 0 Å². The largest absolute Gasteiger partial charge is 0.468 e. The van der Waals surface area contributed by atoms with Gasteiger partial charge in [-0.25, -0.2) is 9.80 Å². The topological polar surface area (TPSA) is 97.0 Å². The third-order valence-electron chi connectivity index (χ3n) is 5.67. The van der Waals surface area contributed by atoms with E-state index in [2.05, 4.69) is 10.7 Å². The van der Waals surface area contributed by atoms with Gasteiger partial charge in [0.05, 0.1) is 12.0 Å². The number of alkyl halides is 3. The van der Waals surface area contributed by atoms with Crippen LogP contribution in [0.1, 0.15) is 23.1 Å². The number of ether oxygens (including phenoxy) is 2. The summed E-state index contributed by atoms with van der Waals surface area (Å²) < 4.78 is 50.5. The van der Waals surface area contributed by atoms with Crippen LogP contribution >= 0.6 is 0 Å². The highest BCUT2D eigenvalue weighted by atomic mass is 19.4. The van der Waals surface area contributed by atoms with Crippen molar-refractivity contribution < 1.29 is 37.0 Å². The van der Waals surface area contributed by atoms with Crippen LogP contribution in [0.25, 0.3) is 0 Å². The number of hydrogen-bond acceptors (Lipinski definition) is 5. The molecule has 8 nitrogen and oxygen atoms in total. The van der Waals surface area contributed by atoms with Gasteiger partial charge in [-0.15, -0.1) is 0 Å². The minimum Gasteiger partial charge on any atom is -0.468 e. The number of hydrazine groups is 1. The second-order valence-electron chi connectivity index (χ2n) is 8.49. The Balaban J connectivity index is 1.46. The summed E-state index contributed by atoms with van der Waals surface area (Å²) in [7, 11) is 0. The molecule has 1 aliphatic rings. The average Bonchev–Trinajstić information content (AvgIpc) is 2.91. The van der Waals surface area contributed by atoms with Gasteiger partial charge < -0.3 is 14.8 Å². The van der Waals surface area contributed by atoms with Crippen LogP contribution in [0.2, 0.25) is 0 Å². The molecule has 4 rings (SSSR count). The number of carbonyl (C=O) groups is 3. The number of halogens is 3. The van der Waals surface area contributed by atoms with Crippen LogP contribution in [0.4, 0.5) is 18.0 Å². The Labute approximate surface area is 216 Å². The van der Waals surface area contributed by atoms with Gasteiger partial charge >= 0.3 is 12.3 Å². The molecule has 0 aliphatic carbocycles. The van der Waals surface area contributed by atoms with Gasteiger partial charge in [0.1, 0.15) is 18.4 Å². The molecule has 1 heterocycles. The molecule has 11 heteroatoms. The van der Waals surface area contributed by atoms with E-state index >= 15 is 0 Å². The summed E-state index contributed by atoms with van der Waals surface area (Å²) in [5.74, 6) is -0.773. The van der Waals surface area contributed by atoms with Crippen LogP contribution in [-0.4, -0.2) is 35.2 Å². The number of alkyl carbamates (subject to hydrolysis) is 1. The SMILES string of the molecule is O=C(N[C@@H](Cc1cccc(C(F)(F)F)c1)C(=O)NN1C(=O)CC1Oc1ccccc1)OCc1ccccc1. The molecule has 38 heavy (non-hydrogen) atoms. The molecule has 2 atom stereocenters. The van der Waals surface area contributed by atoms with Gasteiger partial charge in [0.2, 0.25) is 12.1 Å². The Morgan fingerprint density at radius 1 is 0.947 bits per heavy atom. The molecule has 3 amide bonds. The second kappa shape index (κ2) is 11.7. The minimum absolute atomic E-state index is 0.0139. The Hall–Kier alpha value is -4.54. The van der Waals surface area contributed by atoms with Crippen molar-refractivity contribution in [2.45, 2.75) is 37.9 Å². The van der Waals surface area contributed by atoms with Gasteiger partial charge in [0.15, 0.2) is 0 Å². The van der Waals surface area contributed by atoms with Crippen LogP contribution in [0.15, 0.2) is 84.9 Å². The van der Waals surface area contributed by atoms with Gasteiger partial charge in [-0.3, -0.25) is 15.0 Å². The first-order valence-electron chi connectivity index (χ1n) is 11.7. The Kier molecular flexibility index (Phi) is 8.15. The number of para-hydroxylation sites is 1. The van der Waals surface area contributed by atoms with E-state index in [0.29, 0.717) is 11.3 Å². The molecule has 0 radical (unpaired) electrons. The van der Waals surface area contributed by atoms with E-state index < -0.39 is 41.9 Å². The summed E-state index contributed by atoms with van der Waals surface area (Å²) in [5.41, 5.74) is 2.37. The lowest BCUT2D eigenvalue weighted by Gasteiger charge is -2.40. The Morgan fingerprint density at radius 3 is 2.26 bits per heavy atom. The van der Waals surface area contributed by atoms with Crippen molar-refractivity contribution in [3.8, 4) is 5.75 Å². The van der Waals surface area contributed by atoms with Crippen molar-refractivity contribution in [2.24, 2.45) is 0 Å². The molecule has 1 unspecified atom stereocenters. The lowest BCUT2D eigenvalue weighted by Crippen LogP contribution is -2.65. The number of carbonyl (C=O) groups excluding carboxylic acids is 3. The summed E-state index contributed by atoms with van der Waals surface area (Å²) in [6.45, 7) is -0.0812. The highest BCUT2D eigenvalue weighted by Gasteiger charge is 2.41. The van der Waals surface area contributed by atoms with Crippen LogP contribution in [0, 0.1) is 0 Å². The predicted molar refractivity (Wildman–Crippen MR) is 129 cm³/mol. The molecular formula is C27H24F3N3O5. The maximum Gasteiger partial charge on any atom is 0.416 e. The molecule has 1 aliphatic heterocycles. The molecule has 2 N–H and O–H groups in total. The van der Waals surface area contributed by atoms with E-state index in [1.54, 1.807) is 60.7 Å². The van der Waals surface area contributed by atoms with Crippen LogP contribution in [-0.2, 0) is 33.5 Å². The zero-order chi connectivity index (χ0) is 27.1. The Bertz CT molecular complexity index is 1270. The molecular weight excluding hydrogens is 503 g/mol. The first kappa shape index (κ1) is 26.5. The number of amides is 3. The number of nitrogens with one attached hydrogen (secondary N) is 2. The normalized spacial score (nSPS) is 15.7. The van der Waals surface area contributed by atoms with Crippen molar-refractivity contribution in [3.63, 3.8) is 0 Å². The Morgan fingerprint density at radius 2 is 1.61 bits per heavy atom. The van der Waals surface area contributed by atoms with Crippen molar-refractivity contribution in [3.05, 3.63) is 102 Å². The van der Waals surface area contributed by atoms with Crippen LogP contribution < -0.4 is 15.5 Å². The molecule has 1 fully saturated rings. The smallest absolute Gasteiger partial charge is 0.416 e. The van der Waals surface area contributed by atoms with Crippen molar-refractivity contribution in [1.82, 2.24) is 15.8 Å². The van der Waals surface area contributed by atoms with Gasteiger partial charge in [-0.2, -0.15) is 13.2 Å². The predicted octanol–water partition coefficient (Wildman–Crippen LogP) is 4.21. The molecule has 198 valence electrons. The highest BCUT2D eigenvalue weighted by molar-refractivity contribution is 5.90. The molecule has 0 aromatic heterocycles. The molecule has 0 spiro atoms. The highest BCUT2D eigenvalue weighted by Crippen LogP contribution is 2.30. The van der Waals surface area contributed by atoms with Gasteiger partial charge in [-0.1, -0.05) is 66.7 Å². The lowest BCUT2D eigenvalue weighted by atomic mass is 10.0. The fraction of sp³-hybridized carbons (Fsp3) is 0.222. The van der Waals surface area contributed by atoms with E-state index in [0.717, 1.165) is 17.1 Å². The summed E-state index contributed by atoms with van der Waals surface area (Å²) >= 11 is 0. The standard InChI is InChI=1S/C27H24F3N3O5/c28-27(29,30)20-11-7-10-19(14-20)15-22(31-26(36)37-17-18-8-3-1-4-9-18)25(35)32-33-23(34)16-24(33)38-21-12-5-2-6-13-21/h1-14,22,24H,15-17H2,(H,31,36)(H,32,35)/t22-,24?/m0/s1. The summed E-state index contributed by atoms with van der Waals surface area (Å²) in [4.78, 5) is 37.8. The summed E-state index contributed by atoms with van der Waals surface area (Å²) in [5, 5.41) is 3.37. The van der Waals surface area contributed by atoms with E-state index in [-0.39, 0.29) is 25.0 Å². The van der Waals surface area contributed by atoms with Crippen molar-refractivity contribution in [2.75, 3.05) is 0 Å². The number of hydrogen-bond donors (Lipinski definition) is 2. The maximum atomic E-state index is 13.2. The fourth-order valence-electron chi connectivity index (χ4n) is 3.70. The van der Waals surface area contributed by atoms with E-state index in [4.69, 9.17) is 9.47 Å². The number of rotatable bonds is 9. The molecule has 1 saturated heterocycles. The van der Waals surface area contributed by atoms with Gasteiger partial charge in [0.25, 0.3) is 5.91 Å². The third kappa shape index (κ3) is 7.02. The lowest BCUT2D eigenvalue weighted by molar-refractivity contribution is -0.173. The fourth-order valence-corrected chi connectivity index (χ4v) is 3.70. The number of benzene rings is 3. The first-order valence-corrected chi connectivity index (χ1v) is 11.7. The van der Waals surface area contributed by atoms with Gasteiger partial charge in [-0.05, 0) is 29.3 Å². The van der Waals surface area contributed by atoms with Crippen LogP contribution in [0.5, 0.6) is 5.75 Å². The monoisotopic (exact) mass is 527 g/mol. The molecule has 3 aromatic carbocycles. The van der Waals surface area contributed by atoms with E-state index in [1.165, 1.54) is 12.1 Å². The molecule has 3 aromatic rings. The quantitative estimate of drug-likeness (QED) is 0.407. The third-order valence-corrected chi connectivity index (χ3v) is 5.67. The van der Waals surface area contributed by atoms with Gasteiger partial charge in [0, 0.05) is 6.42 Å². The minimum atomic E-state index is -4.58. The average molecular weight is 527 g/mol. The zero-order valence-electron chi connectivity index (χ0n) is 20.0. The van der Waals surface area contributed by atoms with E-state index in [1.807, 2.05) is 0 Å². The summed E-state index contributed by atoms with van der Waals surface area (Å²) in [6, 6.07) is 20.5. The van der Waals surface area contributed by atoms with Crippen LogP contribution in [0.3, 0.4) is 0 Å². The second-order valence-corrected chi connectivity index (χ2v) is 8.49.